The van der Waals surface area contributed by atoms with Gasteiger partial charge in [-0.15, -0.1) is 5.10 Å². The third-order valence-corrected chi connectivity index (χ3v) is 0.621. The van der Waals surface area contributed by atoms with Gasteiger partial charge in [0.05, 0.1) is 0 Å². The first-order chi connectivity index (χ1) is 4.00. The fourth-order valence-electron chi connectivity index (χ4n) is 0.324. The lowest BCUT2D eigenvalue weighted by molar-refractivity contribution is 1.26. The molecule has 0 bridgehead atoms. The van der Waals surface area contributed by atoms with Crippen LogP contribution in [0.4, 0.5) is 0 Å². The molecule has 1 rings (SSSR count). The van der Waals surface area contributed by atoms with Crippen molar-refractivity contribution in [3.05, 3.63) is 12.2 Å². The summed E-state index contributed by atoms with van der Waals surface area (Å²) < 4.78 is 0. The summed E-state index contributed by atoms with van der Waals surface area (Å²) in [6.45, 7) is 0. The van der Waals surface area contributed by atoms with Crippen LogP contribution in [0.3, 0.4) is 0 Å². The molecule has 3 heteroatoms. The van der Waals surface area contributed by atoms with Crippen molar-refractivity contribution < 1.29 is 0 Å². The van der Waals surface area contributed by atoms with Gasteiger partial charge in [-0.05, 0) is 12.2 Å². The summed E-state index contributed by atoms with van der Waals surface area (Å²) in [5, 5.41) is 7.10. The van der Waals surface area contributed by atoms with E-state index in [4.69, 9.17) is 0 Å². The summed E-state index contributed by atoms with van der Waals surface area (Å²) >= 11 is 0. The molecule has 0 atom stereocenters. The minimum Gasteiger partial charge on any atom is -0.243 e. The topological polar surface area (TPSA) is 37.1 Å². The van der Waals surface area contributed by atoms with E-state index >= 15 is 0 Å². The largest absolute Gasteiger partial charge is 0.243 e. The van der Waals surface area contributed by atoms with E-state index in [2.05, 4.69) is 15.2 Å². The molecule has 0 aromatic carbocycles. The Bertz CT molecular complexity index is 109. The molecule has 0 aliphatic carbocycles. The fourth-order valence-corrected chi connectivity index (χ4v) is 0.324. The molecule has 0 N–H and O–H groups in total. The smallest absolute Gasteiger partial charge is 0.137 e. The molecule has 8 heavy (non-hydrogen) atoms. The molecule has 0 aromatic rings. The van der Waals surface area contributed by atoms with Gasteiger partial charge in [0.1, 0.15) is 6.34 Å². The molecule has 0 saturated heterocycles. The van der Waals surface area contributed by atoms with Crippen molar-refractivity contribution in [3.63, 3.8) is 0 Å². The van der Waals surface area contributed by atoms with E-state index in [0.717, 1.165) is 0 Å². The summed E-state index contributed by atoms with van der Waals surface area (Å²) in [7, 11) is 0. The number of hydrogen-bond donors (Lipinski definition) is 0. The Kier molecular flexibility index (Phi) is 1.74. The molecular formula is C5H5N3. The van der Waals surface area contributed by atoms with Gasteiger partial charge in [-0.25, -0.2) is 4.99 Å². The summed E-state index contributed by atoms with van der Waals surface area (Å²) in [5.41, 5.74) is 0. The van der Waals surface area contributed by atoms with Gasteiger partial charge in [-0.2, -0.15) is 5.10 Å². The highest BCUT2D eigenvalue weighted by Gasteiger charge is 1.67. The van der Waals surface area contributed by atoms with Crippen molar-refractivity contribution in [2.75, 3.05) is 0 Å². The second kappa shape index (κ2) is 2.85. The summed E-state index contributed by atoms with van der Waals surface area (Å²) in [5.74, 6) is 0. The van der Waals surface area contributed by atoms with Crippen LogP contribution in [0.15, 0.2) is 27.3 Å². The predicted molar refractivity (Wildman–Crippen MR) is 34.6 cm³/mol. The summed E-state index contributed by atoms with van der Waals surface area (Å²) in [6.07, 6.45) is 8.19. The maximum absolute atomic E-state index is 3.71. The molecule has 1 heterocycles. The molecule has 40 valence electrons. The van der Waals surface area contributed by atoms with Crippen molar-refractivity contribution in [2.24, 2.45) is 15.2 Å². The predicted octanol–water partition coefficient (Wildman–Crippen LogP) is 0.641. The molecule has 0 spiro atoms. The zero-order valence-electron chi connectivity index (χ0n) is 4.23. The number of rotatable bonds is 0. The number of aliphatic imine (C=N–C) groups is 1. The average Bonchev–Trinajstić information content (AvgIpc) is 1.62. The maximum atomic E-state index is 3.71. The lowest BCUT2D eigenvalue weighted by Gasteiger charge is -1.76. The first kappa shape index (κ1) is 4.90. The lowest BCUT2D eigenvalue weighted by Crippen LogP contribution is -1.72. The van der Waals surface area contributed by atoms with E-state index < -0.39 is 0 Å². The zero-order chi connectivity index (χ0) is 5.66. The van der Waals surface area contributed by atoms with Crippen LogP contribution in [0.2, 0.25) is 0 Å². The first-order valence-electron chi connectivity index (χ1n) is 2.23. The first-order valence-corrected chi connectivity index (χ1v) is 2.23. The maximum Gasteiger partial charge on any atom is 0.137 e. The van der Waals surface area contributed by atoms with Crippen LogP contribution in [-0.4, -0.2) is 18.8 Å². The lowest BCUT2D eigenvalue weighted by atomic mass is 10.5. The Morgan fingerprint density at radius 2 is 1.75 bits per heavy atom. The SMILES string of the molecule is C1=C\C=N/N=C\N=C/1. The minimum atomic E-state index is 1.39. The Labute approximate surface area is 47.2 Å². The van der Waals surface area contributed by atoms with Gasteiger partial charge in [-0.3, -0.25) is 0 Å². The summed E-state index contributed by atoms with van der Waals surface area (Å²) in [4.78, 5) is 3.71. The van der Waals surface area contributed by atoms with Crippen LogP contribution < -0.4 is 0 Å². The summed E-state index contributed by atoms with van der Waals surface area (Å²) in [6, 6.07) is 0. The van der Waals surface area contributed by atoms with Gasteiger partial charge >= 0.3 is 0 Å². The molecule has 0 fully saturated rings. The van der Waals surface area contributed by atoms with E-state index in [-0.39, 0.29) is 0 Å². The van der Waals surface area contributed by atoms with Crippen LogP contribution in [0.1, 0.15) is 0 Å². The fraction of sp³-hybridized carbons (Fsp3) is 0. The Hall–Kier alpha value is -1.25. The molecule has 0 saturated carbocycles. The highest BCUT2D eigenvalue weighted by Crippen LogP contribution is 1.74. The molecule has 1 aliphatic heterocycles. The Morgan fingerprint density at radius 3 is 2.75 bits per heavy atom. The molecule has 3 nitrogen and oxygen atoms in total. The van der Waals surface area contributed by atoms with Crippen LogP contribution in [-0.2, 0) is 0 Å². The van der Waals surface area contributed by atoms with E-state index in [1.165, 1.54) is 6.34 Å². The number of hydrogen-bond acceptors (Lipinski definition) is 3. The Morgan fingerprint density at radius 1 is 0.875 bits per heavy atom. The van der Waals surface area contributed by atoms with Gasteiger partial charge in [0.15, 0.2) is 0 Å². The normalized spacial score (nSPS) is 32.0. The average molecular weight is 107 g/mol. The van der Waals surface area contributed by atoms with Crippen LogP contribution in [0.5, 0.6) is 0 Å². The standard InChI is InChI=1S/C5H5N3/c1-2-4-7-8-5-6-3-1/h1-5H/b2-1-,3-1?,4-2?,6-3-,6-5?,7-4-,8-5-,8-7?. The van der Waals surface area contributed by atoms with Gasteiger partial charge in [0, 0.05) is 12.4 Å². The highest BCUT2D eigenvalue weighted by molar-refractivity contribution is 5.86. The second-order valence-electron chi connectivity index (χ2n) is 1.18. The number of allylic oxidation sites excluding steroid dienone is 2. The quantitative estimate of drug-likeness (QED) is 0.435. The van der Waals surface area contributed by atoms with E-state index in [9.17, 15) is 0 Å². The van der Waals surface area contributed by atoms with Crippen molar-refractivity contribution in [1.82, 2.24) is 0 Å². The number of nitrogens with zero attached hydrogens (tertiary/aromatic N) is 3. The van der Waals surface area contributed by atoms with Crippen molar-refractivity contribution in [3.8, 4) is 0 Å². The van der Waals surface area contributed by atoms with E-state index in [0.29, 0.717) is 0 Å². The third kappa shape index (κ3) is 1.47. The third-order valence-electron chi connectivity index (χ3n) is 0.621. The Balaban J connectivity index is 2.67. The molecule has 0 aromatic heterocycles. The van der Waals surface area contributed by atoms with Crippen molar-refractivity contribution in [1.29, 1.82) is 0 Å². The van der Waals surface area contributed by atoms with Gasteiger partial charge in [0.25, 0.3) is 0 Å². The van der Waals surface area contributed by atoms with Gasteiger partial charge in [0.2, 0.25) is 0 Å². The van der Waals surface area contributed by atoms with Crippen molar-refractivity contribution >= 4 is 18.8 Å². The minimum absolute atomic E-state index is 1.39. The zero-order valence-corrected chi connectivity index (χ0v) is 4.23. The van der Waals surface area contributed by atoms with Crippen LogP contribution >= 0.6 is 0 Å². The molecule has 1 aliphatic rings. The molecule has 0 unspecified atom stereocenters. The monoisotopic (exact) mass is 107 g/mol. The van der Waals surface area contributed by atoms with Crippen LogP contribution in [0.25, 0.3) is 0 Å². The molecule has 0 radical (unpaired) electrons. The van der Waals surface area contributed by atoms with E-state index in [1.54, 1.807) is 24.6 Å². The van der Waals surface area contributed by atoms with Crippen molar-refractivity contribution in [2.45, 2.75) is 0 Å². The van der Waals surface area contributed by atoms with E-state index in [1.807, 2.05) is 0 Å². The molecular weight excluding hydrogens is 102 g/mol. The molecule has 0 amide bonds. The van der Waals surface area contributed by atoms with Gasteiger partial charge in [-0.1, -0.05) is 0 Å². The van der Waals surface area contributed by atoms with Gasteiger partial charge < -0.3 is 0 Å². The second-order valence-corrected chi connectivity index (χ2v) is 1.18. The highest BCUT2D eigenvalue weighted by atomic mass is 15.2. The van der Waals surface area contributed by atoms with Crippen LogP contribution in [0, 0.1) is 0 Å².